The van der Waals surface area contributed by atoms with Crippen molar-refractivity contribution in [3.05, 3.63) is 112 Å². The van der Waals surface area contributed by atoms with Crippen molar-refractivity contribution in [1.82, 2.24) is 0 Å². The number of para-hydroxylation sites is 2. The predicted molar refractivity (Wildman–Crippen MR) is 163 cm³/mol. The van der Waals surface area contributed by atoms with E-state index in [2.05, 4.69) is 11.4 Å². The zero-order valence-corrected chi connectivity index (χ0v) is 23.8. The summed E-state index contributed by atoms with van der Waals surface area (Å²) in [5, 5.41) is 12.4. The second-order valence-electron chi connectivity index (χ2n) is 10.1. The average Bonchev–Trinajstić information content (AvgIpc) is 3.10. The molecule has 0 atom stereocenters. The molecule has 0 saturated heterocycles. The number of carbonyl (C=O) groups excluding carboxylic acids is 3. The Hall–Kier alpha value is -4.95. The molecule has 212 valence electrons. The number of rotatable bonds is 6. The standard InChI is InChI=1S/C33H28ClN3O5/c1-20-11-13-23(21(2)17-20)24-7-3-4-8-25(24)32(41)35-27-14-12-22(18-26(27)34)33(42)36-16-15-30(38)37(19-31(39)40)29-10-6-5-9-28(29)36/h3-14,17-18H,15-16,19H2,1-2H3,(H,35,41)(H,39,40). The van der Waals surface area contributed by atoms with E-state index in [1.54, 1.807) is 48.5 Å². The molecule has 1 aliphatic heterocycles. The number of aliphatic carboxylic acids is 1. The Morgan fingerprint density at radius 3 is 2.31 bits per heavy atom. The highest BCUT2D eigenvalue weighted by Gasteiger charge is 2.31. The molecule has 4 aromatic rings. The Morgan fingerprint density at radius 1 is 0.881 bits per heavy atom. The monoisotopic (exact) mass is 581 g/mol. The van der Waals surface area contributed by atoms with E-state index in [0.29, 0.717) is 22.6 Å². The lowest BCUT2D eigenvalue weighted by atomic mass is 9.94. The molecule has 1 heterocycles. The molecule has 0 aliphatic carbocycles. The van der Waals surface area contributed by atoms with Crippen LogP contribution in [0.25, 0.3) is 11.1 Å². The van der Waals surface area contributed by atoms with Gasteiger partial charge in [-0.3, -0.25) is 24.1 Å². The minimum Gasteiger partial charge on any atom is -0.480 e. The normalized spacial score (nSPS) is 12.9. The van der Waals surface area contributed by atoms with Gasteiger partial charge in [-0.1, -0.05) is 65.7 Å². The molecule has 1 aliphatic rings. The number of carboxylic acid groups (broad SMARTS) is 1. The van der Waals surface area contributed by atoms with Crippen molar-refractivity contribution in [2.75, 3.05) is 28.2 Å². The smallest absolute Gasteiger partial charge is 0.323 e. The minimum absolute atomic E-state index is 0.0462. The van der Waals surface area contributed by atoms with Gasteiger partial charge >= 0.3 is 5.97 Å². The van der Waals surface area contributed by atoms with E-state index in [0.717, 1.165) is 22.3 Å². The Bertz CT molecular complexity index is 1730. The molecule has 0 bridgehead atoms. The number of halogens is 1. The van der Waals surface area contributed by atoms with Crippen molar-refractivity contribution in [3.63, 3.8) is 0 Å². The summed E-state index contributed by atoms with van der Waals surface area (Å²) in [6.07, 6.45) is -0.0462. The quantitative estimate of drug-likeness (QED) is 0.276. The molecule has 0 radical (unpaired) electrons. The van der Waals surface area contributed by atoms with E-state index >= 15 is 0 Å². The van der Waals surface area contributed by atoms with Crippen LogP contribution in [0.5, 0.6) is 0 Å². The first-order valence-electron chi connectivity index (χ1n) is 13.3. The molecule has 8 nitrogen and oxygen atoms in total. The number of fused-ring (bicyclic) bond motifs is 1. The number of amides is 3. The van der Waals surface area contributed by atoms with Gasteiger partial charge in [0, 0.05) is 24.1 Å². The predicted octanol–water partition coefficient (Wildman–Crippen LogP) is 6.34. The highest BCUT2D eigenvalue weighted by molar-refractivity contribution is 6.34. The molecule has 0 unspecified atom stereocenters. The third kappa shape index (κ3) is 5.75. The number of carboxylic acids is 1. The van der Waals surface area contributed by atoms with Crippen LogP contribution >= 0.6 is 11.6 Å². The summed E-state index contributed by atoms with van der Waals surface area (Å²) in [6.45, 7) is 3.58. The maximum atomic E-state index is 13.6. The van der Waals surface area contributed by atoms with E-state index in [9.17, 15) is 24.3 Å². The zero-order chi connectivity index (χ0) is 30.0. The topological polar surface area (TPSA) is 107 Å². The third-order valence-corrected chi connectivity index (χ3v) is 7.47. The molecule has 0 spiro atoms. The Labute approximate surface area is 248 Å². The number of hydrogen-bond acceptors (Lipinski definition) is 4. The summed E-state index contributed by atoms with van der Waals surface area (Å²) in [7, 11) is 0. The van der Waals surface area contributed by atoms with Crippen LogP contribution in [0, 0.1) is 13.8 Å². The van der Waals surface area contributed by atoms with Crippen molar-refractivity contribution in [3.8, 4) is 11.1 Å². The molecule has 3 amide bonds. The fourth-order valence-corrected chi connectivity index (χ4v) is 5.39. The second kappa shape index (κ2) is 11.9. The number of aryl methyl sites for hydroxylation is 2. The maximum Gasteiger partial charge on any atom is 0.323 e. The first kappa shape index (κ1) is 28.6. The lowest BCUT2D eigenvalue weighted by molar-refractivity contribution is -0.136. The Morgan fingerprint density at radius 2 is 1.60 bits per heavy atom. The van der Waals surface area contributed by atoms with E-state index in [4.69, 9.17) is 11.6 Å². The number of anilines is 3. The van der Waals surface area contributed by atoms with Crippen LogP contribution in [0.2, 0.25) is 5.02 Å². The number of nitrogens with zero attached hydrogens (tertiary/aromatic N) is 2. The fraction of sp³-hybridized carbons (Fsp3) is 0.152. The van der Waals surface area contributed by atoms with Gasteiger partial charge in [-0.15, -0.1) is 0 Å². The molecular formula is C33H28ClN3O5. The minimum atomic E-state index is -1.15. The lowest BCUT2D eigenvalue weighted by Gasteiger charge is -2.25. The summed E-state index contributed by atoms with van der Waals surface area (Å²) in [5.74, 6) is -2.30. The molecule has 0 aromatic heterocycles. The van der Waals surface area contributed by atoms with Crippen LogP contribution in [-0.2, 0) is 9.59 Å². The number of benzene rings is 4. The first-order valence-corrected chi connectivity index (χ1v) is 13.7. The van der Waals surface area contributed by atoms with Crippen molar-refractivity contribution >= 4 is 52.4 Å². The molecule has 9 heteroatoms. The lowest BCUT2D eigenvalue weighted by Crippen LogP contribution is -2.35. The van der Waals surface area contributed by atoms with E-state index in [1.807, 2.05) is 38.1 Å². The Balaban J connectivity index is 1.40. The molecular weight excluding hydrogens is 554 g/mol. The first-order chi connectivity index (χ1) is 20.1. The zero-order valence-electron chi connectivity index (χ0n) is 23.1. The maximum absolute atomic E-state index is 13.6. The van der Waals surface area contributed by atoms with Crippen LogP contribution in [0.15, 0.2) is 84.9 Å². The highest BCUT2D eigenvalue weighted by atomic mass is 35.5. The molecule has 4 aromatic carbocycles. The number of nitrogens with one attached hydrogen (secondary N) is 1. The van der Waals surface area contributed by atoms with Gasteiger partial charge in [0.15, 0.2) is 0 Å². The third-order valence-electron chi connectivity index (χ3n) is 7.16. The van der Waals surface area contributed by atoms with Gasteiger partial charge < -0.3 is 15.3 Å². The second-order valence-corrected chi connectivity index (χ2v) is 10.5. The fourth-order valence-electron chi connectivity index (χ4n) is 5.16. The van der Waals surface area contributed by atoms with Gasteiger partial charge in [-0.05, 0) is 66.9 Å². The SMILES string of the molecule is Cc1ccc(-c2ccccc2C(=O)Nc2ccc(C(=O)N3CCC(=O)N(CC(=O)O)c4ccccc43)cc2Cl)c(C)c1. The van der Waals surface area contributed by atoms with E-state index in [-0.39, 0.29) is 29.5 Å². The molecule has 0 fully saturated rings. The van der Waals surface area contributed by atoms with Crippen molar-refractivity contribution < 1.29 is 24.3 Å². The van der Waals surface area contributed by atoms with Gasteiger partial charge in [0.05, 0.1) is 22.1 Å². The van der Waals surface area contributed by atoms with Gasteiger partial charge in [-0.25, -0.2) is 0 Å². The van der Waals surface area contributed by atoms with Gasteiger partial charge in [0.2, 0.25) is 5.91 Å². The number of carbonyl (C=O) groups is 4. The van der Waals surface area contributed by atoms with Gasteiger partial charge in [0.1, 0.15) is 6.54 Å². The van der Waals surface area contributed by atoms with Crippen LogP contribution < -0.4 is 15.1 Å². The summed E-state index contributed by atoms with van der Waals surface area (Å²) < 4.78 is 0. The molecule has 5 rings (SSSR count). The summed E-state index contributed by atoms with van der Waals surface area (Å²) >= 11 is 6.57. The molecule has 2 N–H and O–H groups in total. The molecule has 42 heavy (non-hydrogen) atoms. The largest absolute Gasteiger partial charge is 0.480 e. The summed E-state index contributed by atoms with van der Waals surface area (Å²) in [4.78, 5) is 53.8. The van der Waals surface area contributed by atoms with Crippen LogP contribution in [0.3, 0.4) is 0 Å². The van der Waals surface area contributed by atoms with Crippen molar-refractivity contribution in [1.29, 1.82) is 0 Å². The molecule has 0 saturated carbocycles. The summed E-state index contributed by atoms with van der Waals surface area (Å²) in [5.41, 5.74) is 5.77. The highest BCUT2D eigenvalue weighted by Crippen LogP contribution is 2.35. The number of hydrogen-bond donors (Lipinski definition) is 2. The van der Waals surface area contributed by atoms with Crippen molar-refractivity contribution in [2.24, 2.45) is 0 Å². The van der Waals surface area contributed by atoms with Crippen LogP contribution in [-0.4, -0.2) is 41.9 Å². The Kier molecular flexibility index (Phi) is 8.08. The average molecular weight is 582 g/mol. The summed E-state index contributed by atoms with van der Waals surface area (Å²) in [6, 6.07) is 24.7. The van der Waals surface area contributed by atoms with Crippen molar-refractivity contribution in [2.45, 2.75) is 20.3 Å². The van der Waals surface area contributed by atoms with Gasteiger partial charge in [-0.2, -0.15) is 0 Å². The van der Waals surface area contributed by atoms with Crippen LogP contribution in [0.4, 0.5) is 17.1 Å². The van der Waals surface area contributed by atoms with E-state index < -0.39 is 24.3 Å². The van der Waals surface area contributed by atoms with E-state index in [1.165, 1.54) is 15.9 Å². The van der Waals surface area contributed by atoms with Crippen LogP contribution in [0.1, 0.15) is 38.3 Å². The van der Waals surface area contributed by atoms with Gasteiger partial charge in [0.25, 0.3) is 11.8 Å².